The van der Waals surface area contributed by atoms with Crippen LogP contribution in [0.4, 0.5) is 0 Å². The summed E-state index contributed by atoms with van der Waals surface area (Å²) >= 11 is 0. The molecule has 2 aromatic carbocycles. The summed E-state index contributed by atoms with van der Waals surface area (Å²) in [4.78, 5) is 23.6. The number of hydrogen-bond donors (Lipinski definition) is 2. The van der Waals surface area contributed by atoms with Gasteiger partial charge in [-0.2, -0.15) is 0 Å². The van der Waals surface area contributed by atoms with E-state index in [1.807, 2.05) is 37.3 Å². The van der Waals surface area contributed by atoms with Gasteiger partial charge in [0.2, 0.25) is 5.91 Å². The van der Waals surface area contributed by atoms with E-state index in [0.717, 1.165) is 6.42 Å². The summed E-state index contributed by atoms with van der Waals surface area (Å²) in [6.45, 7) is 2.54. The molecule has 0 atom stereocenters. The fraction of sp³-hybridized carbons (Fsp3) is 0.222. The van der Waals surface area contributed by atoms with Crippen LogP contribution in [0, 0.1) is 0 Å². The van der Waals surface area contributed by atoms with Crippen LogP contribution in [-0.2, 0) is 4.79 Å². The third-order valence-electron chi connectivity index (χ3n) is 3.06. The Morgan fingerprint density at radius 2 is 1.70 bits per heavy atom. The Labute approximate surface area is 135 Å². The van der Waals surface area contributed by atoms with E-state index in [1.54, 1.807) is 24.3 Å². The van der Waals surface area contributed by atoms with Crippen molar-refractivity contribution in [3.05, 3.63) is 60.2 Å². The van der Waals surface area contributed by atoms with Crippen molar-refractivity contribution >= 4 is 11.8 Å². The molecule has 0 radical (unpaired) electrons. The molecule has 120 valence electrons. The summed E-state index contributed by atoms with van der Waals surface area (Å²) in [6, 6.07) is 16.2. The van der Waals surface area contributed by atoms with Crippen molar-refractivity contribution in [3.8, 4) is 11.5 Å². The zero-order valence-corrected chi connectivity index (χ0v) is 13.0. The minimum Gasteiger partial charge on any atom is -0.457 e. The molecule has 2 aromatic rings. The highest BCUT2D eigenvalue weighted by molar-refractivity contribution is 5.96. The van der Waals surface area contributed by atoms with E-state index in [2.05, 4.69) is 10.6 Å². The van der Waals surface area contributed by atoms with Crippen LogP contribution in [0.3, 0.4) is 0 Å². The van der Waals surface area contributed by atoms with Gasteiger partial charge in [0, 0.05) is 12.1 Å². The van der Waals surface area contributed by atoms with Crippen molar-refractivity contribution in [2.75, 3.05) is 13.1 Å². The predicted molar refractivity (Wildman–Crippen MR) is 88.6 cm³/mol. The van der Waals surface area contributed by atoms with Gasteiger partial charge in [0.25, 0.3) is 5.91 Å². The molecule has 5 nitrogen and oxygen atoms in total. The molecule has 2 rings (SSSR count). The monoisotopic (exact) mass is 312 g/mol. The summed E-state index contributed by atoms with van der Waals surface area (Å²) < 4.78 is 5.69. The Balaban J connectivity index is 1.93. The van der Waals surface area contributed by atoms with Gasteiger partial charge in [0.05, 0.1) is 6.54 Å². The van der Waals surface area contributed by atoms with Crippen molar-refractivity contribution in [1.29, 1.82) is 0 Å². The molecule has 2 N–H and O–H groups in total. The molecule has 0 bridgehead atoms. The second-order valence-corrected chi connectivity index (χ2v) is 4.98. The van der Waals surface area contributed by atoms with Crippen molar-refractivity contribution in [1.82, 2.24) is 10.6 Å². The third-order valence-corrected chi connectivity index (χ3v) is 3.06. The molecule has 2 amide bonds. The number of nitrogens with one attached hydrogen (secondary N) is 2. The van der Waals surface area contributed by atoms with Crippen LogP contribution >= 0.6 is 0 Å². The first-order valence-corrected chi connectivity index (χ1v) is 7.57. The molecule has 0 aliphatic rings. The highest BCUT2D eigenvalue weighted by atomic mass is 16.5. The number of carbonyl (C=O) groups is 2. The lowest BCUT2D eigenvalue weighted by Crippen LogP contribution is -2.37. The van der Waals surface area contributed by atoms with Crippen LogP contribution in [0.1, 0.15) is 23.7 Å². The standard InChI is InChI=1S/C18H20N2O3/c1-2-11-19-17(21)13-20-18(22)14-7-6-10-16(12-14)23-15-8-4-3-5-9-15/h3-10,12H,2,11,13H2,1H3,(H,19,21)(H,20,22). The Hall–Kier alpha value is -2.82. The van der Waals surface area contributed by atoms with Crippen LogP contribution in [0.2, 0.25) is 0 Å². The van der Waals surface area contributed by atoms with Crippen LogP contribution in [0.15, 0.2) is 54.6 Å². The van der Waals surface area contributed by atoms with Gasteiger partial charge < -0.3 is 15.4 Å². The Bertz CT molecular complexity index is 656. The van der Waals surface area contributed by atoms with Gasteiger partial charge in [-0.25, -0.2) is 0 Å². The average molecular weight is 312 g/mol. The van der Waals surface area contributed by atoms with Gasteiger partial charge in [0.1, 0.15) is 11.5 Å². The lowest BCUT2D eigenvalue weighted by Gasteiger charge is -2.08. The van der Waals surface area contributed by atoms with E-state index >= 15 is 0 Å². The molecule has 5 heteroatoms. The maximum Gasteiger partial charge on any atom is 0.251 e. The molecule has 0 heterocycles. The van der Waals surface area contributed by atoms with Crippen molar-refractivity contribution < 1.29 is 14.3 Å². The molecule has 0 saturated carbocycles. The lowest BCUT2D eigenvalue weighted by molar-refractivity contribution is -0.120. The number of hydrogen-bond acceptors (Lipinski definition) is 3. The number of para-hydroxylation sites is 1. The molecule has 0 fully saturated rings. The van der Waals surface area contributed by atoms with Gasteiger partial charge in [-0.3, -0.25) is 9.59 Å². The van der Waals surface area contributed by atoms with E-state index in [9.17, 15) is 9.59 Å². The first-order valence-electron chi connectivity index (χ1n) is 7.57. The van der Waals surface area contributed by atoms with E-state index in [1.165, 1.54) is 0 Å². The summed E-state index contributed by atoms with van der Waals surface area (Å²) in [6.07, 6.45) is 0.860. The first kappa shape index (κ1) is 16.5. The third kappa shape index (κ3) is 5.47. The molecule has 0 aromatic heterocycles. The van der Waals surface area contributed by atoms with Crippen LogP contribution in [-0.4, -0.2) is 24.9 Å². The number of ether oxygens (including phenoxy) is 1. The molecule has 23 heavy (non-hydrogen) atoms. The highest BCUT2D eigenvalue weighted by Crippen LogP contribution is 2.21. The summed E-state index contributed by atoms with van der Waals surface area (Å²) in [7, 11) is 0. The molecular weight excluding hydrogens is 292 g/mol. The predicted octanol–water partition coefficient (Wildman–Crippen LogP) is 2.73. The van der Waals surface area contributed by atoms with Crippen molar-refractivity contribution in [2.45, 2.75) is 13.3 Å². The van der Waals surface area contributed by atoms with Crippen LogP contribution in [0.25, 0.3) is 0 Å². The van der Waals surface area contributed by atoms with E-state index < -0.39 is 0 Å². The minimum absolute atomic E-state index is 0.0391. The van der Waals surface area contributed by atoms with Crippen LogP contribution < -0.4 is 15.4 Å². The van der Waals surface area contributed by atoms with E-state index in [-0.39, 0.29) is 18.4 Å². The second kappa shape index (κ2) is 8.58. The fourth-order valence-electron chi connectivity index (χ4n) is 1.91. The average Bonchev–Trinajstić information content (AvgIpc) is 2.59. The topological polar surface area (TPSA) is 67.4 Å². The molecule has 0 aliphatic carbocycles. The normalized spacial score (nSPS) is 9.96. The zero-order valence-electron chi connectivity index (χ0n) is 13.0. The maximum atomic E-state index is 12.1. The van der Waals surface area contributed by atoms with Gasteiger partial charge in [-0.15, -0.1) is 0 Å². The number of amides is 2. The molecule has 0 saturated heterocycles. The number of benzene rings is 2. The Morgan fingerprint density at radius 3 is 2.43 bits per heavy atom. The highest BCUT2D eigenvalue weighted by Gasteiger charge is 2.09. The lowest BCUT2D eigenvalue weighted by atomic mass is 10.2. The summed E-state index contributed by atoms with van der Waals surface area (Å²) in [5, 5.41) is 5.30. The van der Waals surface area contributed by atoms with Crippen molar-refractivity contribution in [3.63, 3.8) is 0 Å². The van der Waals surface area contributed by atoms with Gasteiger partial charge >= 0.3 is 0 Å². The van der Waals surface area contributed by atoms with Gasteiger partial charge in [-0.05, 0) is 36.8 Å². The Morgan fingerprint density at radius 1 is 0.957 bits per heavy atom. The molecule has 0 spiro atoms. The second-order valence-electron chi connectivity index (χ2n) is 4.98. The quantitative estimate of drug-likeness (QED) is 0.826. The maximum absolute atomic E-state index is 12.1. The smallest absolute Gasteiger partial charge is 0.251 e. The number of carbonyl (C=O) groups excluding carboxylic acids is 2. The van der Waals surface area contributed by atoms with Crippen LogP contribution in [0.5, 0.6) is 11.5 Å². The number of rotatable bonds is 7. The molecule has 0 unspecified atom stereocenters. The SMILES string of the molecule is CCCNC(=O)CNC(=O)c1cccc(Oc2ccccc2)c1. The van der Waals surface area contributed by atoms with Gasteiger partial charge in [-0.1, -0.05) is 31.2 Å². The first-order chi connectivity index (χ1) is 11.2. The van der Waals surface area contributed by atoms with Gasteiger partial charge in [0.15, 0.2) is 0 Å². The summed E-state index contributed by atoms with van der Waals surface area (Å²) in [5.74, 6) is 0.760. The van der Waals surface area contributed by atoms with Crippen molar-refractivity contribution in [2.24, 2.45) is 0 Å². The largest absolute Gasteiger partial charge is 0.457 e. The summed E-state index contributed by atoms with van der Waals surface area (Å²) in [5.41, 5.74) is 0.446. The van der Waals surface area contributed by atoms with E-state index in [0.29, 0.717) is 23.6 Å². The molecular formula is C18H20N2O3. The fourth-order valence-corrected chi connectivity index (χ4v) is 1.91. The Kier molecular flexibility index (Phi) is 6.17. The minimum atomic E-state index is -0.310. The molecule has 0 aliphatic heterocycles. The zero-order chi connectivity index (χ0) is 16.5. The van der Waals surface area contributed by atoms with E-state index in [4.69, 9.17) is 4.74 Å².